The summed E-state index contributed by atoms with van der Waals surface area (Å²) in [6, 6.07) is 11.7. The number of aryl methyl sites for hydroxylation is 1. The van der Waals surface area contributed by atoms with E-state index < -0.39 is 0 Å². The molecule has 2 aliphatic heterocycles. The Kier molecular flexibility index (Phi) is 11.4. The van der Waals surface area contributed by atoms with E-state index in [1.165, 1.54) is 6.42 Å². The van der Waals surface area contributed by atoms with E-state index in [0.717, 1.165) is 62.1 Å². The summed E-state index contributed by atoms with van der Waals surface area (Å²) in [5.74, 6) is 1.02. The highest BCUT2D eigenvalue weighted by Gasteiger charge is 2.22. The maximum Gasteiger partial charge on any atom is 0.237 e. The summed E-state index contributed by atoms with van der Waals surface area (Å²) in [6.45, 7) is 2.09. The van der Waals surface area contributed by atoms with Crippen LogP contribution in [0, 0.1) is 0 Å². The molecule has 6 rings (SSSR count). The van der Waals surface area contributed by atoms with E-state index in [2.05, 4.69) is 20.6 Å². The first kappa shape index (κ1) is 34.0. The molecule has 4 aromatic rings. The van der Waals surface area contributed by atoms with E-state index in [0.29, 0.717) is 69.4 Å². The maximum atomic E-state index is 11.5. The van der Waals surface area contributed by atoms with Crippen LogP contribution >= 0.6 is 23.2 Å². The van der Waals surface area contributed by atoms with Crippen molar-refractivity contribution < 1.29 is 19.0 Å². The van der Waals surface area contributed by atoms with Crippen LogP contribution in [0.1, 0.15) is 56.3 Å². The van der Waals surface area contributed by atoms with Crippen LogP contribution in [0.25, 0.3) is 33.6 Å². The summed E-state index contributed by atoms with van der Waals surface area (Å²) >= 11 is 14.1. The predicted molar refractivity (Wildman–Crippen MR) is 186 cm³/mol. The normalized spacial score (nSPS) is 17.7. The van der Waals surface area contributed by atoms with Crippen LogP contribution in [0.5, 0.6) is 11.8 Å². The predicted octanol–water partition coefficient (Wildman–Crippen LogP) is 6.85. The smallest absolute Gasteiger partial charge is 0.237 e. The maximum absolute atomic E-state index is 11.5. The van der Waals surface area contributed by atoms with Gasteiger partial charge in [-0.25, -0.2) is 9.97 Å². The number of methoxy groups -OCH3 is 2. The Hall–Kier alpha value is -3.83. The Balaban J connectivity index is 1.20. The highest BCUT2D eigenvalue weighted by Crippen LogP contribution is 2.42. The first-order valence-corrected chi connectivity index (χ1v) is 17.2. The van der Waals surface area contributed by atoms with Gasteiger partial charge in [-0.2, -0.15) is 0 Å². The molecule has 2 fully saturated rings. The summed E-state index contributed by atoms with van der Waals surface area (Å²) in [6.07, 6.45) is 11.0. The van der Waals surface area contributed by atoms with Crippen LogP contribution in [0.3, 0.4) is 0 Å². The molecular weight excluding hydrogens is 651 g/mol. The number of carbonyl (C=O) groups excluding carboxylic acids is 1. The third-order valence-corrected chi connectivity index (χ3v) is 9.65. The largest absolute Gasteiger partial charge is 0.480 e. The van der Waals surface area contributed by atoms with Gasteiger partial charge in [-0.05, 0) is 44.9 Å². The van der Waals surface area contributed by atoms with Gasteiger partial charge in [0, 0.05) is 54.4 Å². The number of rotatable bonds is 13. The van der Waals surface area contributed by atoms with Crippen molar-refractivity contribution in [1.82, 2.24) is 30.6 Å². The van der Waals surface area contributed by atoms with Crippen molar-refractivity contribution in [3.63, 3.8) is 0 Å². The molecule has 2 aromatic heterocycles. The van der Waals surface area contributed by atoms with Gasteiger partial charge in [0.05, 0.1) is 54.2 Å². The molecule has 12 heteroatoms. The summed E-state index contributed by atoms with van der Waals surface area (Å²) in [7, 11) is 3.18. The summed E-state index contributed by atoms with van der Waals surface area (Å²) < 4.78 is 17.1. The van der Waals surface area contributed by atoms with E-state index in [4.69, 9.17) is 47.4 Å². The quantitative estimate of drug-likeness (QED) is 0.155. The average Bonchev–Trinajstić information content (AvgIpc) is 3.54. The van der Waals surface area contributed by atoms with Crippen molar-refractivity contribution in [3.8, 4) is 45.4 Å². The molecule has 2 aromatic carbocycles. The number of carbonyl (C=O) groups is 1. The minimum Gasteiger partial charge on any atom is -0.480 e. The van der Waals surface area contributed by atoms with Crippen molar-refractivity contribution in [2.45, 2.75) is 70.1 Å². The second kappa shape index (κ2) is 16.0. The lowest BCUT2D eigenvalue weighted by Crippen LogP contribution is -2.31. The number of aromatic nitrogens is 4. The fourth-order valence-electron chi connectivity index (χ4n) is 6.28. The zero-order valence-electron chi connectivity index (χ0n) is 27.2. The molecule has 48 heavy (non-hydrogen) atoms. The van der Waals surface area contributed by atoms with E-state index in [1.807, 2.05) is 36.4 Å². The molecular formula is C36H40Cl2N6O4. The summed E-state index contributed by atoms with van der Waals surface area (Å²) in [4.78, 5) is 30.4. The Morgan fingerprint density at radius 3 is 2.08 bits per heavy atom. The molecule has 1 unspecified atom stereocenters. The van der Waals surface area contributed by atoms with Gasteiger partial charge in [0.2, 0.25) is 17.7 Å². The van der Waals surface area contributed by atoms with Crippen molar-refractivity contribution in [1.29, 1.82) is 0 Å². The molecule has 1 amide bonds. The number of hydrogen-bond acceptors (Lipinski definition) is 9. The van der Waals surface area contributed by atoms with Crippen LogP contribution in [-0.4, -0.2) is 65.4 Å². The van der Waals surface area contributed by atoms with Crippen LogP contribution in [0.4, 0.5) is 0 Å². The molecule has 0 spiro atoms. The van der Waals surface area contributed by atoms with Crippen molar-refractivity contribution in [2.75, 3.05) is 27.4 Å². The molecule has 2 saturated heterocycles. The second-order valence-electron chi connectivity index (χ2n) is 12.1. The molecule has 0 aliphatic carbocycles. The Morgan fingerprint density at radius 1 is 0.875 bits per heavy atom. The number of benzene rings is 2. The van der Waals surface area contributed by atoms with Gasteiger partial charge in [0.15, 0.2) is 0 Å². The van der Waals surface area contributed by atoms with Gasteiger partial charge in [-0.1, -0.05) is 59.6 Å². The molecule has 4 heterocycles. The zero-order chi connectivity index (χ0) is 33.5. The molecule has 10 nitrogen and oxygen atoms in total. The minimum absolute atomic E-state index is 0.126. The van der Waals surface area contributed by atoms with Gasteiger partial charge < -0.3 is 24.8 Å². The van der Waals surface area contributed by atoms with Crippen molar-refractivity contribution in [3.05, 3.63) is 70.2 Å². The van der Waals surface area contributed by atoms with Crippen LogP contribution in [0.2, 0.25) is 10.0 Å². The molecule has 0 bridgehead atoms. The Morgan fingerprint density at radius 2 is 1.50 bits per heavy atom. The van der Waals surface area contributed by atoms with Crippen molar-refractivity contribution >= 4 is 29.1 Å². The van der Waals surface area contributed by atoms with E-state index in [1.54, 1.807) is 26.6 Å². The third-order valence-electron chi connectivity index (χ3n) is 8.84. The summed E-state index contributed by atoms with van der Waals surface area (Å²) in [5, 5.41) is 7.42. The highest BCUT2D eigenvalue weighted by molar-refractivity contribution is 6.39. The van der Waals surface area contributed by atoms with Gasteiger partial charge in [-0.3, -0.25) is 14.8 Å². The molecule has 2 aliphatic rings. The fourth-order valence-corrected chi connectivity index (χ4v) is 6.93. The zero-order valence-corrected chi connectivity index (χ0v) is 28.7. The molecule has 0 radical (unpaired) electrons. The van der Waals surface area contributed by atoms with Gasteiger partial charge >= 0.3 is 0 Å². The lowest BCUT2D eigenvalue weighted by molar-refractivity contribution is -0.119. The molecule has 252 valence electrons. The second-order valence-corrected chi connectivity index (χ2v) is 12.8. The minimum atomic E-state index is 0.126. The molecule has 2 atom stereocenters. The average molecular weight is 692 g/mol. The number of nitrogens with zero attached hydrogens (tertiary/aromatic N) is 4. The first-order chi connectivity index (χ1) is 23.4. The number of ether oxygens (including phenoxy) is 3. The monoisotopic (exact) mass is 690 g/mol. The molecule has 0 saturated carbocycles. The lowest BCUT2D eigenvalue weighted by atomic mass is 9.98. The van der Waals surface area contributed by atoms with Crippen LogP contribution in [0.15, 0.2) is 48.8 Å². The van der Waals surface area contributed by atoms with Gasteiger partial charge in [-0.15, -0.1) is 0 Å². The topological polar surface area (TPSA) is 120 Å². The number of hydrogen-bond donors (Lipinski definition) is 2. The first-order valence-electron chi connectivity index (χ1n) is 16.4. The van der Waals surface area contributed by atoms with E-state index in [9.17, 15) is 4.79 Å². The Labute approximate surface area is 291 Å². The van der Waals surface area contributed by atoms with E-state index in [-0.39, 0.29) is 18.1 Å². The van der Waals surface area contributed by atoms with Gasteiger partial charge in [0.1, 0.15) is 11.4 Å². The highest BCUT2D eigenvalue weighted by atomic mass is 35.5. The number of nitrogens with one attached hydrogen (secondary N) is 2. The van der Waals surface area contributed by atoms with Gasteiger partial charge in [0.25, 0.3) is 0 Å². The number of halogens is 2. The van der Waals surface area contributed by atoms with Crippen molar-refractivity contribution in [2.24, 2.45) is 0 Å². The Bertz CT molecular complexity index is 1750. The summed E-state index contributed by atoms with van der Waals surface area (Å²) in [5.41, 5.74) is 5.57. The molecule has 2 N–H and O–H groups in total. The SMILES string of the molecule is COc1nc(-c2cccc(-c3cccc(-c4cnc(CNCC5CCCCO5)c(OC)n4)c3Cl)c2Cl)cnc1CCC[C@@H]1CCC(=O)N1. The van der Waals surface area contributed by atoms with E-state index >= 15 is 0 Å². The number of amides is 1. The third kappa shape index (κ3) is 7.89. The fraction of sp³-hybridized carbons (Fsp3) is 0.417. The lowest BCUT2D eigenvalue weighted by Gasteiger charge is -2.22. The van der Waals surface area contributed by atoms with Crippen LogP contribution < -0.4 is 20.1 Å². The standard InChI is InChI=1S/C36H40Cl2N6O4/c1-46-35-28(14-5-8-22-15-16-32(45)42-22)40-20-29(43-35)26-12-6-10-24(33(26)37)25-11-7-13-27(34(25)38)30-21-41-31(36(44-30)47-2)19-39-18-23-9-3-4-17-48-23/h6-7,10-13,20-23,39H,3-5,8-9,14-19H2,1-2H3,(H,42,45)/t22-,23?/m1/s1. The van der Waals surface area contributed by atoms with Crippen LogP contribution in [-0.2, 0) is 22.5 Å².